The van der Waals surface area contributed by atoms with Gasteiger partial charge in [0.15, 0.2) is 0 Å². The zero-order chi connectivity index (χ0) is 25.8. The van der Waals surface area contributed by atoms with E-state index in [2.05, 4.69) is 6.07 Å². The van der Waals surface area contributed by atoms with Crippen LogP contribution in [-0.2, 0) is 16.0 Å². The van der Waals surface area contributed by atoms with Gasteiger partial charge >= 0.3 is 0 Å². The lowest BCUT2D eigenvalue weighted by atomic mass is 10.00. The lowest BCUT2D eigenvalue weighted by Gasteiger charge is -2.37. The van der Waals surface area contributed by atoms with Gasteiger partial charge in [0.1, 0.15) is 24.7 Å². The Bertz CT molecular complexity index is 1260. The van der Waals surface area contributed by atoms with E-state index in [1.54, 1.807) is 23.5 Å². The first-order chi connectivity index (χ1) is 18.0. The molecule has 0 spiro atoms. The average molecular weight is 523 g/mol. The molecule has 0 N–H and O–H groups in total. The number of nitrogens with zero attached hydrogens (tertiary/aromatic N) is 2. The number of thiophene rings is 1. The summed E-state index contributed by atoms with van der Waals surface area (Å²) in [5.74, 6) is -0.490. The fraction of sp³-hybridized carbons (Fsp3) is 0.379. The molecule has 3 heterocycles. The first-order valence-corrected chi connectivity index (χ1v) is 13.6. The van der Waals surface area contributed by atoms with Gasteiger partial charge in [-0.2, -0.15) is 0 Å². The normalized spacial score (nSPS) is 18.9. The number of para-hydroxylation sites is 1. The molecule has 0 bridgehead atoms. The number of amides is 2. The highest BCUT2D eigenvalue weighted by atomic mass is 32.1. The maximum atomic E-state index is 14.5. The molecule has 2 amide bonds. The van der Waals surface area contributed by atoms with Crippen LogP contribution < -0.4 is 4.74 Å². The SMILES string of the molecule is Cc1ccccc1OC[C@@H]1c2ccsc2CCN1C(=O)CN(C[C@@H]1CCCO1)C(=O)c1ccccc1F. The second-order valence-electron chi connectivity index (χ2n) is 9.53. The maximum Gasteiger partial charge on any atom is 0.257 e. The number of carbonyl (C=O) groups is 2. The smallest absolute Gasteiger partial charge is 0.257 e. The number of hydrogen-bond donors (Lipinski definition) is 0. The molecule has 0 aliphatic carbocycles. The van der Waals surface area contributed by atoms with Gasteiger partial charge in [-0.3, -0.25) is 9.59 Å². The quantitative estimate of drug-likeness (QED) is 0.417. The fourth-order valence-corrected chi connectivity index (χ4v) is 6.00. The molecule has 2 aliphatic rings. The van der Waals surface area contributed by atoms with Crippen LogP contribution >= 0.6 is 11.3 Å². The Labute approximate surface area is 220 Å². The van der Waals surface area contributed by atoms with E-state index in [-0.39, 0.29) is 36.7 Å². The summed E-state index contributed by atoms with van der Waals surface area (Å²) < 4.78 is 26.4. The second-order valence-corrected chi connectivity index (χ2v) is 10.5. The number of aryl methyl sites for hydroxylation is 1. The number of rotatable bonds is 8. The fourth-order valence-electron chi connectivity index (χ4n) is 5.07. The van der Waals surface area contributed by atoms with Gasteiger partial charge in [-0.25, -0.2) is 4.39 Å². The Morgan fingerprint density at radius 2 is 1.97 bits per heavy atom. The van der Waals surface area contributed by atoms with Gasteiger partial charge in [0.05, 0.1) is 17.7 Å². The van der Waals surface area contributed by atoms with Crippen molar-refractivity contribution in [1.82, 2.24) is 9.80 Å². The van der Waals surface area contributed by atoms with Crippen molar-refractivity contribution in [3.05, 3.63) is 87.4 Å². The molecule has 2 aromatic carbocycles. The van der Waals surface area contributed by atoms with Crippen LogP contribution in [0.4, 0.5) is 4.39 Å². The molecule has 1 fully saturated rings. The Kier molecular flexibility index (Phi) is 7.86. The van der Waals surface area contributed by atoms with E-state index in [1.165, 1.54) is 21.9 Å². The average Bonchev–Trinajstić information content (AvgIpc) is 3.60. The lowest BCUT2D eigenvalue weighted by molar-refractivity contribution is -0.135. The highest BCUT2D eigenvalue weighted by Crippen LogP contribution is 2.34. The minimum absolute atomic E-state index is 0.0356. The summed E-state index contributed by atoms with van der Waals surface area (Å²) >= 11 is 1.69. The van der Waals surface area contributed by atoms with Crippen LogP contribution in [-0.4, -0.2) is 60.6 Å². The van der Waals surface area contributed by atoms with Crippen molar-refractivity contribution >= 4 is 23.2 Å². The molecule has 3 aromatic rings. The third-order valence-electron chi connectivity index (χ3n) is 7.07. The monoisotopic (exact) mass is 522 g/mol. The number of fused-ring (bicyclic) bond motifs is 1. The topological polar surface area (TPSA) is 59.1 Å². The molecule has 2 atom stereocenters. The number of halogens is 1. The van der Waals surface area contributed by atoms with E-state index < -0.39 is 11.7 Å². The van der Waals surface area contributed by atoms with Crippen molar-refractivity contribution in [3.8, 4) is 5.75 Å². The highest BCUT2D eigenvalue weighted by Gasteiger charge is 2.35. The molecule has 0 saturated carbocycles. The predicted molar refractivity (Wildman–Crippen MR) is 140 cm³/mol. The van der Waals surface area contributed by atoms with Crippen molar-refractivity contribution in [2.24, 2.45) is 0 Å². The third kappa shape index (κ3) is 5.70. The molecular weight excluding hydrogens is 491 g/mol. The minimum Gasteiger partial charge on any atom is -0.491 e. The van der Waals surface area contributed by atoms with Crippen molar-refractivity contribution < 1.29 is 23.5 Å². The summed E-state index contributed by atoms with van der Waals surface area (Å²) in [7, 11) is 0. The van der Waals surface area contributed by atoms with Gasteiger partial charge in [0.2, 0.25) is 5.91 Å². The van der Waals surface area contributed by atoms with E-state index >= 15 is 0 Å². The Hall–Kier alpha value is -3.23. The van der Waals surface area contributed by atoms with Crippen LogP contribution in [0.25, 0.3) is 0 Å². The summed E-state index contributed by atoms with van der Waals surface area (Å²) in [6, 6.07) is 15.5. The first-order valence-electron chi connectivity index (χ1n) is 12.7. The molecule has 5 rings (SSSR count). The van der Waals surface area contributed by atoms with Crippen LogP contribution in [0, 0.1) is 12.7 Å². The molecule has 37 heavy (non-hydrogen) atoms. The first kappa shape index (κ1) is 25.4. The molecular formula is C29H31FN2O4S. The van der Waals surface area contributed by atoms with Gasteiger partial charge in [-0.05, 0) is 67.0 Å². The van der Waals surface area contributed by atoms with Crippen LogP contribution in [0.3, 0.4) is 0 Å². The van der Waals surface area contributed by atoms with Crippen LogP contribution in [0.5, 0.6) is 5.75 Å². The van der Waals surface area contributed by atoms with Crippen molar-refractivity contribution in [3.63, 3.8) is 0 Å². The molecule has 2 aliphatic heterocycles. The van der Waals surface area contributed by atoms with Gasteiger partial charge in [0.25, 0.3) is 5.91 Å². The molecule has 1 aromatic heterocycles. The lowest BCUT2D eigenvalue weighted by Crippen LogP contribution is -2.49. The summed E-state index contributed by atoms with van der Waals surface area (Å²) in [4.78, 5) is 31.7. The molecule has 0 unspecified atom stereocenters. The van der Waals surface area contributed by atoms with E-state index in [0.29, 0.717) is 19.8 Å². The van der Waals surface area contributed by atoms with Crippen LogP contribution in [0.15, 0.2) is 60.0 Å². The zero-order valence-electron chi connectivity index (χ0n) is 20.9. The van der Waals surface area contributed by atoms with Gasteiger partial charge in [-0.1, -0.05) is 30.3 Å². The largest absolute Gasteiger partial charge is 0.491 e. The minimum atomic E-state index is -0.595. The van der Waals surface area contributed by atoms with Crippen molar-refractivity contribution in [2.45, 2.75) is 38.3 Å². The maximum absolute atomic E-state index is 14.5. The van der Waals surface area contributed by atoms with Crippen molar-refractivity contribution in [1.29, 1.82) is 0 Å². The molecule has 8 heteroatoms. The summed E-state index contributed by atoms with van der Waals surface area (Å²) in [5.41, 5.74) is 2.08. The third-order valence-corrected chi connectivity index (χ3v) is 8.07. The summed E-state index contributed by atoms with van der Waals surface area (Å²) in [6.07, 6.45) is 2.32. The van der Waals surface area contributed by atoms with E-state index in [9.17, 15) is 14.0 Å². The Morgan fingerprint density at radius 1 is 1.16 bits per heavy atom. The van der Waals surface area contributed by atoms with E-state index in [1.807, 2.05) is 41.5 Å². The van der Waals surface area contributed by atoms with Gasteiger partial charge < -0.3 is 19.3 Å². The number of benzene rings is 2. The number of carbonyl (C=O) groups excluding carboxylic acids is 2. The standard InChI is InChI=1S/C29H31FN2O4S/c1-20-7-2-5-11-26(20)36-19-25-23-13-16-37-27(23)12-14-32(25)28(33)18-31(17-21-8-6-15-35-21)29(34)22-9-3-4-10-24(22)30/h2-5,7,9-11,13,16,21,25H,6,8,12,14-15,17-19H2,1H3/t21-,25+/m0/s1. The zero-order valence-corrected chi connectivity index (χ0v) is 21.7. The molecule has 0 radical (unpaired) electrons. The van der Waals surface area contributed by atoms with Gasteiger partial charge in [-0.15, -0.1) is 11.3 Å². The Balaban J connectivity index is 1.37. The highest BCUT2D eigenvalue weighted by molar-refractivity contribution is 7.10. The number of hydrogen-bond acceptors (Lipinski definition) is 5. The molecule has 1 saturated heterocycles. The summed E-state index contributed by atoms with van der Waals surface area (Å²) in [6.45, 7) is 3.58. The van der Waals surface area contributed by atoms with Crippen LogP contribution in [0.1, 0.15) is 45.2 Å². The van der Waals surface area contributed by atoms with Crippen molar-refractivity contribution in [2.75, 3.05) is 32.8 Å². The molecule has 194 valence electrons. The van der Waals surface area contributed by atoms with E-state index in [4.69, 9.17) is 9.47 Å². The predicted octanol–water partition coefficient (Wildman–Crippen LogP) is 5.02. The Morgan fingerprint density at radius 3 is 2.76 bits per heavy atom. The second kappa shape index (κ2) is 11.4. The van der Waals surface area contributed by atoms with Crippen LogP contribution in [0.2, 0.25) is 0 Å². The van der Waals surface area contributed by atoms with E-state index in [0.717, 1.165) is 36.1 Å². The molecule has 6 nitrogen and oxygen atoms in total. The van der Waals surface area contributed by atoms with Gasteiger partial charge in [0, 0.05) is 24.6 Å². The summed E-state index contributed by atoms with van der Waals surface area (Å²) in [5, 5.41) is 2.05. The number of ether oxygens (including phenoxy) is 2.